The molecule has 0 bridgehead atoms. The zero-order chi connectivity index (χ0) is 11.7. The van der Waals surface area contributed by atoms with Gasteiger partial charge in [-0.25, -0.2) is 4.79 Å². The molecule has 4 nitrogen and oxygen atoms in total. The number of rotatable bonds is 1. The lowest BCUT2D eigenvalue weighted by Gasteiger charge is -2.05. The van der Waals surface area contributed by atoms with Crippen LogP contribution < -0.4 is 10.6 Å². The van der Waals surface area contributed by atoms with E-state index in [1.165, 1.54) is 0 Å². The van der Waals surface area contributed by atoms with Crippen LogP contribution in [-0.4, -0.2) is 11.9 Å². The number of nitrogens with one attached hydrogen (secondary N) is 2. The normalized spacial score (nSPS) is 17.5. The first-order chi connectivity index (χ1) is 7.58. The zero-order valence-corrected chi connectivity index (χ0v) is 9.13. The summed E-state index contributed by atoms with van der Waals surface area (Å²) in [6.45, 7) is 3.93. The van der Waals surface area contributed by atoms with Gasteiger partial charge in [0.25, 0.3) is 5.91 Å². The summed E-state index contributed by atoms with van der Waals surface area (Å²) in [6.07, 6.45) is 1.70. The fourth-order valence-corrected chi connectivity index (χ4v) is 1.68. The average molecular weight is 216 g/mol. The molecule has 0 saturated carbocycles. The van der Waals surface area contributed by atoms with Gasteiger partial charge in [-0.05, 0) is 36.6 Å². The van der Waals surface area contributed by atoms with Crippen molar-refractivity contribution < 1.29 is 9.59 Å². The third-order valence-corrected chi connectivity index (χ3v) is 2.55. The van der Waals surface area contributed by atoms with Crippen LogP contribution >= 0.6 is 0 Å². The molecule has 2 N–H and O–H groups in total. The number of hydrogen-bond acceptors (Lipinski definition) is 2. The van der Waals surface area contributed by atoms with Gasteiger partial charge in [-0.3, -0.25) is 10.1 Å². The van der Waals surface area contributed by atoms with Crippen LogP contribution in [0.2, 0.25) is 0 Å². The minimum absolute atomic E-state index is 0.294. The number of benzene rings is 1. The molecule has 0 spiro atoms. The van der Waals surface area contributed by atoms with E-state index in [1.54, 1.807) is 6.08 Å². The fraction of sp³-hybridized carbons (Fsp3) is 0.167. The molecule has 0 aromatic heterocycles. The number of carbonyl (C=O) groups is 2. The highest BCUT2D eigenvalue weighted by Crippen LogP contribution is 2.17. The summed E-state index contributed by atoms with van der Waals surface area (Å²) < 4.78 is 0. The van der Waals surface area contributed by atoms with Crippen molar-refractivity contribution in [1.29, 1.82) is 0 Å². The van der Waals surface area contributed by atoms with Gasteiger partial charge in [-0.15, -0.1) is 0 Å². The average Bonchev–Trinajstić information content (AvgIpc) is 2.51. The highest BCUT2D eigenvalue weighted by molar-refractivity contribution is 6.14. The van der Waals surface area contributed by atoms with Crippen molar-refractivity contribution in [3.05, 3.63) is 40.6 Å². The van der Waals surface area contributed by atoms with Crippen molar-refractivity contribution in [2.24, 2.45) is 0 Å². The predicted octanol–water partition coefficient (Wildman–Crippen LogP) is 1.48. The molecule has 1 aromatic carbocycles. The Balaban J connectivity index is 2.44. The van der Waals surface area contributed by atoms with Crippen molar-refractivity contribution in [2.75, 3.05) is 0 Å². The van der Waals surface area contributed by atoms with E-state index >= 15 is 0 Å². The van der Waals surface area contributed by atoms with E-state index in [2.05, 4.69) is 10.6 Å². The third-order valence-electron chi connectivity index (χ3n) is 2.55. The van der Waals surface area contributed by atoms with Gasteiger partial charge in [0.1, 0.15) is 5.70 Å². The summed E-state index contributed by atoms with van der Waals surface area (Å²) in [7, 11) is 0. The molecule has 1 aliphatic heterocycles. The van der Waals surface area contributed by atoms with Crippen LogP contribution in [0.25, 0.3) is 6.08 Å². The van der Waals surface area contributed by atoms with E-state index in [0.717, 1.165) is 16.7 Å². The van der Waals surface area contributed by atoms with Gasteiger partial charge >= 0.3 is 6.03 Å². The lowest BCUT2D eigenvalue weighted by molar-refractivity contribution is -0.115. The molecule has 0 atom stereocenters. The molecule has 0 unspecified atom stereocenters. The van der Waals surface area contributed by atoms with Crippen LogP contribution in [0, 0.1) is 13.8 Å². The van der Waals surface area contributed by atoms with Gasteiger partial charge in [0.05, 0.1) is 0 Å². The number of carbonyl (C=O) groups excluding carboxylic acids is 2. The Morgan fingerprint density at radius 2 is 1.69 bits per heavy atom. The highest BCUT2D eigenvalue weighted by atomic mass is 16.2. The number of aryl methyl sites for hydroxylation is 2. The van der Waals surface area contributed by atoms with Crippen molar-refractivity contribution >= 4 is 18.0 Å². The standard InChI is InChI=1S/C12H12N2O2/c1-7-4-3-5-8(2)9(7)6-10-11(15)14-12(16)13-10/h3-6H,1-2H3,(H2,13,14,15,16). The Morgan fingerprint density at radius 3 is 2.19 bits per heavy atom. The van der Waals surface area contributed by atoms with E-state index in [-0.39, 0.29) is 5.91 Å². The fourth-order valence-electron chi connectivity index (χ4n) is 1.68. The summed E-state index contributed by atoms with van der Waals surface area (Å²) in [4.78, 5) is 22.3. The smallest absolute Gasteiger partial charge is 0.303 e. The summed E-state index contributed by atoms with van der Waals surface area (Å²) >= 11 is 0. The van der Waals surface area contributed by atoms with Gasteiger partial charge in [0.2, 0.25) is 0 Å². The first kappa shape index (κ1) is 10.4. The summed E-state index contributed by atoms with van der Waals surface area (Å²) in [5.74, 6) is -0.382. The molecule has 16 heavy (non-hydrogen) atoms. The number of hydrogen-bond donors (Lipinski definition) is 2. The quantitative estimate of drug-likeness (QED) is 0.552. The Hall–Kier alpha value is -2.10. The van der Waals surface area contributed by atoms with Gasteiger partial charge in [0.15, 0.2) is 0 Å². The molecule has 1 saturated heterocycles. The van der Waals surface area contributed by atoms with Gasteiger partial charge in [-0.2, -0.15) is 0 Å². The van der Waals surface area contributed by atoms with Crippen LogP contribution in [0.1, 0.15) is 16.7 Å². The molecule has 3 amide bonds. The van der Waals surface area contributed by atoms with E-state index in [1.807, 2.05) is 32.0 Å². The molecule has 0 aliphatic carbocycles. The maximum absolute atomic E-state index is 11.3. The van der Waals surface area contributed by atoms with E-state index < -0.39 is 6.03 Å². The van der Waals surface area contributed by atoms with Crippen LogP contribution in [0.3, 0.4) is 0 Å². The first-order valence-corrected chi connectivity index (χ1v) is 4.98. The number of imide groups is 1. The van der Waals surface area contributed by atoms with Crippen LogP contribution in [0.4, 0.5) is 4.79 Å². The van der Waals surface area contributed by atoms with Crippen molar-refractivity contribution in [3.63, 3.8) is 0 Å². The first-order valence-electron chi connectivity index (χ1n) is 4.98. The van der Waals surface area contributed by atoms with Crippen LogP contribution in [0.15, 0.2) is 23.9 Å². The summed E-state index contributed by atoms with van der Waals surface area (Å²) in [5.41, 5.74) is 3.40. The minimum atomic E-state index is -0.470. The topological polar surface area (TPSA) is 58.2 Å². The molecule has 82 valence electrons. The van der Waals surface area contributed by atoms with Gasteiger partial charge in [0, 0.05) is 0 Å². The molecular formula is C12H12N2O2. The highest BCUT2D eigenvalue weighted by Gasteiger charge is 2.23. The van der Waals surface area contributed by atoms with Gasteiger partial charge in [-0.1, -0.05) is 18.2 Å². The Labute approximate surface area is 93.3 Å². The Bertz CT molecular complexity index is 483. The lowest BCUT2D eigenvalue weighted by Crippen LogP contribution is -2.22. The second-order valence-corrected chi connectivity index (χ2v) is 3.77. The Kier molecular flexibility index (Phi) is 2.48. The summed E-state index contributed by atoms with van der Waals surface area (Å²) in [5, 5.41) is 4.64. The molecular weight excluding hydrogens is 204 g/mol. The molecule has 1 aliphatic rings. The van der Waals surface area contributed by atoms with Crippen molar-refractivity contribution in [1.82, 2.24) is 10.6 Å². The second-order valence-electron chi connectivity index (χ2n) is 3.77. The van der Waals surface area contributed by atoms with Gasteiger partial charge < -0.3 is 5.32 Å². The maximum atomic E-state index is 11.3. The van der Waals surface area contributed by atoms with E-state index in [4.69, 9.17) is 0 Å². The summed E-state index contributed by atoms with van der Waals surface area (Å²) in [6, 6.07) is 5.42. The molecule has 1 aromatic rings. The second kappa shape index (κ2) is 3.81. The molecule has 1 fully saturated rings. The monoisotopic (exact) mass is 216 g/mol. The maximum Gasteiger partial charge on any atom is 0.326 e. The van der Waals surface area contributed by atoms with Crippen molar-refractivity contribution in [2.45, 2.75) is 13.8 Å². The SMILES string of the molecule is Cc1cccc(C)c1C=C1NC(=O)NC1=O. The number of amides is 3. The molecule has 2 rings (SSSR count). The molecule has 1 heterocycles. The van der Waals surface area contributed by atoms with Crippen LogP contribution in [0.5, 0.6) is 0 Å². The Morgan fingerprint density at radius 1 is 1.06 bits per heavy atom. The predicted molar refractivity (Wildman–Crippen MR) is 60.6 cm³/mol. The largest absolute Gasteiger partial charge is 0.326 e. The van der Waals surface area contributed by atoms with Crippen LogP contribution in [-0.2, 0) is 4.79 Å². The van der Waals surface area contributed by atoms with Crippen molar-refractivity contribution in [3.8, 4) is 0 Å². The molecule has 0 radical (unpaired) electrons. The van der Waals surface area contributed by atoms with E-state index in [0.29, 0.717) is 5.70 Å². The lowest BCUT2D eigenvalue weighted by atomic mass is 10.0. The zero-order valence-electron chi connectivity index (χ0n) is 9.13. The number of urea groups is 1. The van der Waals surface area contributed by atoms with E-state index in [9.17, 15) is 9.59 Å². The molecule has 4 heteroatoms. The third kappa shape index (κ3) is 1.82. The minimum Gasteiger partial charge on any atom is -0.303 e.